The normalized spacial score (nSPS) is 10.0. The van der Waals surface area contributed by atoms with Crippen LogP contribution in [0.4, 0.5) is 5.95 Å². The molecule has 0 amide bonds. The molecule has 23 heavy (non-hydrogen) atoms. The lowest BCUT2D eigenvalue weighted by Crippen LogP contribution is -2.24. The summed E-state index contributed by atoms with van der Waals surface area (Å²) >= 11 is 0. The molecule has 0 aliphatic rings. The Morgan fingerprint density at radius 3 is 2.39 bits per heavy atom. The highest BCUT2D eigenvalue weighted by Crippen LogP contribution is 2.33. The van der Waals surface area contributed by atoms with Crippen LogP contribution in [0.2, 0.25) is 0 Å². The average molecular weight is 312 g/mol. The van der Waals surface area contributed by atoms with Gasteiger partial charge in [0.1, 0.15) is 23.3 Å². The summed E-state index contributed by atoms with van der Waals surface area (Å²) in [5, 5.41) is 9.27. The van der Waals surface area contributed by atoms with Gasteiger partial charge in [0.25, 0.3) is 0 Å². The summed E-state index contributed by atoms with van der Waals surface area (Å²) in [4.78, 5) is 10.9. The van der Waals surface area contributed by atoms with Crippen LogP contribution in [-0.2, 0) is 0 Å². The number of aromatic nitrogens is 2. The molecule has 0 bridgehead atoms. The Morgan fingerprint density at radius 2 is 1.83 bits per heavy atom. The van der Waals surface area contributed by atoms with Crippen LogP contribution in [-0.4, -0.2) is 37.3 Å². The number of hydrogen-bond donors (Lipinski definition) is 0. The molecule has 0 radical (unpaired) electrons. The largest absolute Gasteiger partial charge is 0.497 e. The summed E-state index contributed by atoms with van der Waals surface area (Å²) < 4.78 is 10.7. The van der Waals surface area contributed by atoms with E-state index in [1.807, 2.05) is 36.9 Å². The van der Waals surface area contributed by atoms with Gasteiger partial charge >= 0.3 is 0 Å². The predicted octanol–water partition coefficient (Wildman–Crippen LogP) is 2.88. The van der Waals surface area contributed by atoms with Crippen molar-refractivity contribution in [3.63, 3.8) is 0 Å². The summed E-state index contributed by atoms with van der Waals surface area (Å²) in [6.07, 6.45) is 0. The first-order chi connectivity index (χ1) is 11.2. The van der Waals surface area contributed by atoms with Crippen LogP contribution in [0.25, 0.3) is 11.3 Å². The Balaban J connectivity index is 2.63. The molecule has 0 atom stereocenters. The van der Waals surface area contributed by atoms with Gasteiger partial charge < -0.3 is 14.4 Å². The molecule has 1 heterocycles. The summed E-state index contributed by atoms with van der Waals surface area (Å²) in [6, 6.07) is 9.23. The molecular weight excluding hydrogens is 292 g/mol. The van der Waals surface area contributed by atoms with Crippen LogP contribution in [0.3, 0.4) is 0 Å². The Labute approximate surface area is 136 Å². The van der Waals surface area contributed by atoms with Crippen molar-refractivity contribution < 1.29 is 9.47 Å². The second kappa shape index (κ2) is 7.45. The zero-order valence-electron chi connectivity index (χ0n) is 13.8. The van der Waals surface area contributed by atoms with E-state index in [4.69, 9.17) is 9.47 Å². The van der Waals surface area contributed by atoms with Crippen molar-refractivity contribution >= 4 is 5.95 Å². The van der Waals surface area contributed by atoms with E-state index in [0.29, 0.717) is 28.8 Å². The van der Waals surface area contributed by atoms with Gasteiger partial charge in [-0.15, -0.1) is 0 Å². The number of benzene rings is 1. The third kappa shape index (κ3) is 3.51. The van der Waals surface area contributed by atoms with Gasteiger partial charge in [0.05, 0.1) is 19.9 Å². The molecule has 2 rings (SSSR count). The minimum absolute atomic E-state index is 0.321. The van der Waals surface area contributed by atoms with Crippen LogP contribution in [0.15, 0.2) is 24.3 Å². The van der Waals surface area contributed by atoms with Gasteiger partial charge in [0.15, 0.2) is 0 Å². The summed E-state index contributed by atoms with van der Waals surface area (Å²) in [6.45, 7) is 5.58. The van der Waals surface area contributed by atoms with Crippen LogP contribution in [0.5, 0.6) is 11.5 Å². The lowest BCUT2D eigenvalue weighted by Gasteiger charge is -2.19. The Morgan fingerprint density at radius 1 is 1.09 bits per heavy atom. The lowest BCUT2D eigenvalue weighted by molar-refractivity contribution is 0.404. The average Bonchev–Trinajstić information content (AvgIpc) is 2.61. The topological polar surface area (TPSA) is 71.3 Å². The molecule has 0 fully saturated rings. The minimum Gasteiger partial charge on any atom is -0.497 e. The maximum atomic E-state index is 9.27. The molecule has 0 saturated carbocycles. The molecule has 0 spiro atoms. The quantitative estimate of drug-likeness (QED) is 0.817. The highest BCUT2D eigenvalue weighted by atomic mass is 16.5. The molecule has 0 unspecified atom stereocenters. The van der Waals surface area contributed by atoms with E-state index in [2.05, 4.69) is 16.0 Å². The van der Waals surface area contributed by atoms with E-state index < -0.39 is 0 Å². The molecule has 0 N–H and O–H groups in total. The fourth-order valence-corrected chi connectivity index (χ4v) is 2.29. The number of nitriles is 1. The zero-order chi connectivity index (χ0) is 16.8. The highest BCUT2D eigenvalue weighted by molar-refractivity contribution is 5.70. The maximum absolute atomic E-state index is 9.27. The Hall–Kier alpha value is -2.81. The fourth-order valence-electron chi connectivity index (χ4n) is 2.29. The van der Waals surface area contributed by atoms with Crippen molar-refractivity contribution in [2.45, 2.75) is 13.8 Å². The molecule has 1 aromatic heterocycles. The van der Waals surface area contributed by atoms with Gasteiger partial charge in [-0.1, -0.05) is 0 Å². The molecule has 1 aromatic carbocycles. The lowest BCUT2D eigenvalue weighted by atomic mass is 10.1. The Kier molecular flexibility index (Phi) is 5.36. The molecule has 2 aromatic rings. The smallest absolute Gasteiger partial charge is 0.227 e. The number of rotatable bonds is 6. The molecule has 120 valence electrons. The van der Waals surface area contributed by atoms with Crippen molar-refractivity contribution in [1.29, 1.82) is 5.26 Å². The second-order valence-electron chi connectivity index (χ2n) is 4.79. The van der Waals surface area contributed by atoms with Crippen LogP contribution < -0.4 is 14.4 Å². The molecule has 6 heteroatoms. The van der Waals surface area contributed by atoms with Crippen LogP contribution in [0, 0.1) is 11.3 Å². The first-order valence-electron chi connectivity index (χ1n) is 7.43. The summed E-state index contributed by atoms with van der Waals surface area (Å²) in [7, 11) is 3.20. The number of hydrogen-bond acceptors (Lipinski definition) is 6. The molecule has 0 aliphatic carbocycles. The van der Waals surface area contributed by atoms with Gasteiger partial charge in [-0.2, -0.15) is 5.26 Å². The number of ether oxygens (including phenoxy) is 2. The van der Waals surface area contributed by atoms with Crippen LogP contribution in [0.1, 0.15) is 19.5 Å². The SMILES string of the molecule is CCN(CC)c1nc(C#N)cc(-c2cc(OC)ccc2OC)n1. The molecule has 0 saturated heterocycles. The van der Waals surface area contributed by atoms with E-state index >= 15 is 0 Å². The summed E-state index contributed by atoms with van der Waals surface area (Å²) in [5.41, 5.74) is 1.72. The maximum Gasteiger partial charge on any atom is 0.227 e. The van der Waals surface area contributed by atoms with E-state index in [1.54, 1.807) is 20.3 Å². The van der Waals surface area contributed by atoms with Crippen molar-refractivity contribution in [1.82, 2.24) is 9.97 Å². The monoisotopic (exact) mass is 312 g/mol. The third-order valence-electron chi connectivity index (χ3n) is 3.56. The van der Waals surface area contributed by atoms with Gasteiger partial charge in [-0.3, -0.25) is 0 Å². The van der Waals surface area contributed by atoms with E-state index in [-0.39, 0.29) is 0 Å². The van der Waals surface area contributed by atoms with Crippen molar-refractivity contribution in [3.05, 3.63) is 30.0 Å². The molecule has 0 aliphatic heterocycles. The highest BCUT2D eigenvalue weighted by Gasteiger charge is 2.14. The van der Waals surface area contributed by atoms with Gasteiger partial charge in [-0.25, -0.2) is 9.97 Å². The third-order valence-corrected chi connectivity index (χ3v) is 3.56. The fraction of sp³-hybridized carbons (Fsp3) is 0.353. The summed E-state index contributed by atoms with van der Waals surface area (Å²) in [5.74, 6) is 1.90. The van der Waals surface area contributed by atoms with Crippen molar-refractivity contribution in [2.24, 2.45) is 0 Å². The molecular formula is C17H20N4O2. The van der Waals surface area contributed by atoms with Gasteiger partial charge in [0.2, 0.25) is 5.95 Å². The van der Waals surface area contributed by atoms with Gasteiger partial charge in [0, 0.05) is 24.7 Å². The number of nitrogens with zero attached hydrogens (tertiary/aromatic N) is 4. The number of anilines is 1. The number of methoxy groups -OCH3 is 2. The second-order valence-corrected chi connectivity index (χ2v) is 4.79. The standard InChI is InChI=1S/C17H20N4O2/c1-5-21(6-2)17-19-12(11-18)9-15(20-17)14-10-13(22-3)7-8-16(14)23-4/h7-10H,5-6H2,1-4H3. The predicted molar refractivity (Wildman–Crippen MR) is 88.8 cm³/mol. The van der Waals surface area contributed by atoms with Crippen molar-refractivity contribution in [2.75, 3.05) is 32.2 Å². The molecule has 6 nitrogen and oxygen atoms in total. The zero-order valence-corrected chi connectivity index (χ0v) is 13.8. The minimum atomic E-state index is 0.321. The van der Waals surface area contributed by atoms with Gasteiger partial charge in [-0.05, 0) is 32.0 Å². The van der Waals surface area contributed by atoms with E-state index in [0.717, 1.165) is 18.7 Å². The van der Waals surface area contributed by atoms with Crippen LogP contribution >= 0.6 is 0 Å². The van der Waals surface area contributed by atoms with E-state index in [9.17, 15) is 5.26 Å². The first-order valence-corrected chi connectivity index (χ1v) is 7.43. The van der Waals surface area contributed by atoms with Crippen molar-refractivity contribution in [3.8, 4) is 28.8 Å². The Bertz CT molecular complexity index is 721. The first kappa shape index (κ1) is 16.6. The van der Waals surface area contributed by atoms with E-state index in [1.165, 1.54) is 0 Å².